The summed E-state index contributed by atoms with van der Waals surface area (Å²) < 4.78 is 2.15. The Hall–Kier alpha value is -2.83. The number of hydrogen-bond acceptors (Lipinski definition) is 6. The van der Waals surface area contributed by atoms with Crippen molar-refractivity contribution in [3.05, 3.63) is 48.4 Å². The normalized spacial score (nSPS) is 17.3. The molecule has 1 aliphatic heterocycles. The van der Waals surface area contributed by atoms with Gasteiger partial charge in [0, 0.05) is 55.3 Å². The van der Waals surface area contributed by atoms with Crippen molar-refractivity contribution in [3.63, 3.8) is 0 Å². The lowest BCUT2D eigenvalue weighted by Crippen LogP contribution is -2.36. The zero-order valence-electron chi connectivity index (χ0n) is 15.9. The summed E-state index contributed by atoms with van der Waals surface area (Å²) in [6.45, 7) is 7.08. The number of pyridine rings is 1. The van der Waals surface area contributed by atoms with Crippen molar-refractivity contribution >= 4 is 5.82 Å². The number of aryl methyl sites for hydroxylation is 2. The third kappa shape index (κ3) is 3.67. The lowest BCUT2D eigenvalue weighted by Gasteiger charge is -2.33. The van der Waals surface area contributed by atoms with Gasteiger partial charge < -0.3 is 9.47 Å². The van der Waals surface area contributed by atoms with Gasteiger partial charge in [0.15, 0.2) is 5.82 Å². The second kappa shape index (κ2) is 7.82. The van der Waals surface area contributed by atoms with E-state index in [4.69, 9.17) is 9.97 Å². The summed E-state index contributed by atoms with van der Waals surface area (Å²) in [5.74, 6) is 3.23. The fourth-order valence-corrected chi connectivity index (χ4v) is 3.68. The van der Waals surface area contributed by atoms with Crippen LogP contribution >= 0.6 is 0 Å². The summed E-state index contributed by atoms with van der Waals surface area (Å²) in [5.41, 5.74) is 2.06. The predicted molar refractivity (Wildman–Crippen MR) is 105 cm³/mol. The van der Waals surface area contributed by atoms with Gasteiger partial charge in [-0.2, -0.15) is 0 Å². The molecule has 140 valence electrons. The Labute approximate surface area is 159 Å². The van der Waals surface area contributed by atoms with Gasteiger partial charge in [-0.15, -0.1) is 10.2 Å². The molecule has 0 radical (unpaired) electrons. The van der Waals surface area contributed by atoms with Crippen LogP contribution in [0.3, 0.4) is 0 Å². The maximum absolute atomic E-state index is 4.88. The van der Waals surface area contributed by atoms with Crippen LogP contribution < -0.4 is 4.90 Å². The third-order valence-electron chi connectivity index (χ3n) is 5.16. The molecule has 1 fully saturated rings. The molecule has 1 aliphatic rings. The summed E-state index contributed by atoms with van der Waals surface area (Å²) in [7, 11) is 0. The van der Waals surface area contributed by atoms with Gasteiger partial charge >= 0.3 is 0 Å². The molecule has 0 bridgehead atoms. The molecular weight excluding hydrogens is 338 g/mol. The first-order valence-corrected chi connectivity index (χ1v) is 9.69. The van der Waals surface area contributed by atoms with E-state index in [2.05, 4.69) is 44.6 Å². The number of aromatic nitrogens is 6. The molecule has 1 atom stereocenters. The smallest absolute Gasteiger partial charge is 0.161 e. The SMILES string of the molecule is CCc1cc(N2CCCC(c3nncn3CC)C2)nc(-c2ccncc2)n1. The highest BCUT2D eigenvalue weighted by molar-refractivity contribution is 5.57. The first-order valence-electron chi connectivity index (χ1n) is 9.69. The molecule has 4 rings (SSSR count). The second-order valence-corrected chi connectivity index (χ2v) is 6.89. The van der Waals surface area contributed by atoms with Crippen molar-refractivity contribution < 1.29 is 0 Å². The Balaban J connectivity index is 1.64. The van der Waals surface area contributed by atoms with Crippen LogP contribution in [-0.4, -0.2) is 42.8 Å². The minimum Gasteiger partial charge on any atom is -0.356 e. The van der Waals surface area contributed by atoms with Crippen molar-refractivity contribution in [3.8, 4) is 11.4 Å². The van der Waals surface area contributed by atoms with Crippen LogP contribution in [-0.2, 0) is 13.0 Å². The highest BCUT2D eigenvalue weighted by Gasteiger charge is 2.26. The van der Waals surface area contributed by atoms with Crippen LogP contribution in [0.2, 0.25) is 0 Å². The molecule has 1 unspecified atom stereocenters. The Bertz CT molecular complexity index is 890. The molecule has 27 heavy (non-hydrogen) atoms. The highest BCUT2D eigenvalue weighted by atomic mass is 15.3. The van der Waals surface area contributed by atoms with E-state index in [0.29, 0.717) is 5.92 Å². The average molecular weight is 363 g/mol. The minimum absolute atomic E-state index is 0.380. The van der Waals surface area contributed by atoms with Crippen LogP contribution in [0.5, 0.6) is 0 Å². The fraction of sp³-hybridized carbons (Fsp3) is 0.450. The minimum atomic E-state index is 0.380. The Morgan fingerprint density at radius 1 is 1.15 bits per heavy atom. The van der Waals surface area contributed by atoms with Gasteiger partial charge in [0.1, 0.15) is 18.0 Å². The van der Waals surface area contributed by atoms with Crippen LogP contribution in [0.4, 0.5) is 5.82 Å². The van der Waals surface area contributed by atoms with Gasteiger partial charge in [-0.05, 0) is 38.3 Å². The van der Waals surface area contributed by atoms with Crippen molar-refractivity contribution in [2.24, 2.45) is 0 Å². The van der Waals surface area contributed by atoms with Gasteiger partial charge in [-0.25, -0.2) is 9.97 Å². The molecule has 0 aliphatic carbocycles. The highest BCUT2D eigenvalue weighted by Crippen LogP contribution is 2.29. The molecule has 0 aromatic carbocycles. The van der Waals surface area contributed by atoms with Gasteiger partial charge in [0.25, 0.3) is 0 Å². The molecule has 7 nitrogen and oxygen atoms in total. The molecular formula is C20H25N7. The largest absolute Gasteiger partial charge is 0.356 e. The molecule has 0 amide bonds. The van der Waals surface area contributed by atoms with Gasteiger partial charge in [0.2, 0.25) is 0 Å². The summed E-state index contributed by atoms with van der Waals surface area (Å²) in [4.78, 5) is 16.1. The van der Waals surface area contributed by atoms with E-state index < -0.39 is 0 Å². The van der Waals surface area contributed by atoms with Crippen LogP contribution in [0.15, 0.2) is 36.9 Å². The molecule has 3 aromatic rings. The molecule has 3 aromatic heterocycles. The number of nitrogens with zero attached hydrogens (tertiary/aromatic N) is 7. The number of hydrogen-bond donors (Lipinski definition) is 0. The first-order chi connectivity index (χ1) is 13.3. The van der Waals surface area contributed by atoms with Gasteiger partial charge in [-0.1, -0.05) is 6.92 Å². The monoisotopic (exact) mass is 363 g/mol. The molecule has 7 heteroatoms. The van der Waals surface area contributed by atoms with Crippen molar-refractivity contribution in [2.45, 2.75) is 45.6 Å². The van der Waals surface area contributed by atoms with E-state index in [1.165, 1.54) is 0 Å². The second-order valence-electron chi connectivity index (χ2n) is 6.89. The lowest BCUT2D eigenvalue weighted by atomic mass is 9.97. The topological polar surface area (TPSA) is 72.6 Å². The number of rotatable bonds is 5. The molecule has 4 heterocycles. The summed E-state index contributed by atoms with van der Waals surface area (Å²) >= 11 is 0. The van der Waals surface area contributed by atoms with Crippen LogP contribution in [0.1, 0.15) is 44.1 Å². The van der Waals surface area contributed by atoms with E-state index in [-0.39, 0.29) is 0 Å². The van der Waals surface area contributed by atoms with Crippen LogP contribution in [0.25, 0.3) is 11.4 Å². The Morgan fingerprint density at radius 3 is 2.78 bits per heavy atom. The summed E-state index contributed by atoms with van der Waals surface area (Å²) in [6, 6.07) is 6.04. The standard InChI is InChI=1S/C20H25N7/c1-3-17-12-18(24-19(23-17)15-7-9-21-10-8-15)27-11-5-6-16(13-27)20-25-22-14-26(20)4-2/h7-10,12,14,16H,3-6,11,13H2,1-2H3. The molecule has 0 N–H and O–H groups in total. The molecule has 0 saturated carbocycles. The van der Waals surface area contributed by atoms with Crippen molar-refractivity contribution in [2.75, 3.05) is 18.0 Å². The fourth-order valence-electron chi connectivity index (χ4n) is 3.68. The van der Waals surface area contributed by atoms with Crippen LogP contribution in [0, 0.1) is 0 Å². The maximum atomic E-state index is 4.88. The maximum Gasteiger partial charge on any atom is 0.161 e. The first kappa shape index (κ1) is 17.6. The van der Waals surface area contributed by atoms with Crippen molar-refractivity contribution in [1.82, 2.24) is 29.7 Å². The van der Waals surface area contributed by atoms with E-state index >= 15 is 0 Å². The van der Waals surface area contributed by atoms with Gasteiger partial charge in [0.05, 0.1) is 0 Å². The Morgan fingerprint density at radius 2 is 2.00 bits per heavy atom. The average Bonchev–Trinajstić information content (AvgIpc) is 3.23. The number of anilines is 1. The summed E-state index contributed by atoms with van der Waals surface area (Å²) in [5, 5.41) is 8.49. The third-order valence-corrected chi connectivity index (χ3v) is 5.16. The predicted octanol–water partition coefficient (Wildman–Crippen LogP) is 3.10. The van der Waals surface area contributed by atoms with E-state index in [0.717, 1.165) is 67.6 Å². The van der Waals surface area contributed by atoms with E-state index in [1.54, 1.807) is 12.4 Å². The molecule has 0 spiro atoms. The zero-order chi connectivity index (χ0) is 18.6. The molecule has 1 saturated heterocycles. The Kier molecular flexibility index (Phi) is 5.09. The van der Waals surface area contributed by atoms with Crippen molar-refractivity contribution in [1.29, 1.82) is 0 Å². The van der Waals surface area contributed by atoms with E-state index in [1.807, 2.05) is 18.5 Å². The number of piperidine rings is 1. The summed E-state index contributed by atoms with van der Waals surface area (Å²) in [6.07, 6.45) is 8.54. The van der Waals surface area contributed by atoms with Gasteiger partial charge in [-0.3, -0.25) is 4.98 Å². The zero-order valence-corrected chi connectivity index (χ0v) is 15.9. The van der Waals surface area contributed by atoms with E-state index in [9.17, 15) is 0 Å². The lowest BCUT2D eigenvalue weighted by molar-refractivity contribution is 0.471. The quantitative estimate of drug-likeness (QED) is 0.694.